The minimum absolute atomic E-state index is 0.0266. The van der Waals surface area contributed by atoms with Crippen molar-refractivity contribution in [3.05, 3.63) is 0 Å². The first-order chi connectivity index (χ1) is 8.10. The molecule has 0 bridgehead atoms. The third-order valence-corrected chi connectivity index (χ3v) is 2.43. The van der Waals surface area contributed by atoms with Gasteiger partial charge >= 0.3 is 0 Å². The second-order valence-electron chi connectivity index (χ2n) is 4.38. The zero-order valence-electron chi connectivity index (χ0n) is 11.4. The highest BCUT2D eigenvalue weighted by Crippen LogP contribution is 1.97. The number of nitrogens with zero attached hydrogens (tertiary/aromatic N) is 1. The first-order valence-corrected chi connectivity index (χ1v) is 6.33. The molecule has 0 aromatic carbocycles. The van der Waals surface area contributed by atoms with Crippen LogP contribution in [0.4, 0.5) is 0 Å². The van der Waals surface area contributed by atoms with Gasteiger partial charge in [0.1, 0.15) is 0 Å². The summed E-state index contributed by atoms with van der Waals surface area (Å²) in [6.45, 7) is 4.68. The summed E-state index contributed by atoms with van der Waals surface area (Å²) < 4.78 is 5.33. The Balaban J connectivity index is 3.51. The van der Waals surface area contributed by atoms with E-state index in [9.17, 15) is 4.79 Å². The van der Waals surface area contributed by atoms with Crippen LogP contribution >= 0.6 is 0 Å². The van der Waals surface area contributed by atoms with Gasteiger partial charge in [0, 0.05) is 19.7 Å². The van der Waals surface area contributed by atoms with E-state index < -0.39 is 0 Å². The first kappa shape index (κ1) is 16.4. The summed E-state index contributed by atoms with van der Waals surface area (Å²) in [6.07, 6.45) is 2.31. The van der Waals surface area contributed by atoms with Gasteiger partial charge in [-0.25, -0.2) is 0 Å². The van der Waals surface area contributed by atoms with E-state index in [1.54, 1.807) is 0 Å². The van der Waals surface area contributed by atoms with Gasteiger partial charge in [-0.3, -0.25) is 4.79 Å². The molecule has 3 N–H and O–H groups in total. The van der Waals surface area contributed by atoms with Gasteiger partial charge in [0.15, 0.2) is 0 Å². The van der Waals surface area contributed by atoms with E-state index >= 15 is 0 Å². The summed E-state index contributed by atoms with van der Waals surface area (Å²) in [7, 11) is 4.10. The lowest BCUT2D eigenvalue weighted by atomic mass is 10.2. The van der Waals surface area contributed by atoms with Gasteiger partial charge < -0.3 is 20.7 Å². The molecule has 5 nitrogen and oxygen atoms in total. The van der Waals surface area contributed by atoms with Crippen LogP contribution in [0.5, 0.6) is 0 Å². The lowest BCUT2D eigenvalue weighted by molar-refractivity contribution is -0.123. The zero-order chi connectivity index (χ0) is 13.1. The van der Waals surface area contributed by atoms with Crippen molar-refractivity contribution in [3.63, 3.8) is 0 Å². The molecular formula is C12H27N3O2. The van der Waals surface area contributed by atoms with E-state index in [1.807, 2.05) is 21.0 Å². The number of carbonyl (C=O) groups is 1. The van der Waals surface area contributed by atoms with Crippen molar-refractivity contribution in [3.8, 4) is 0 Å². The van der Waals surface area contributed by atoms with Gasteiger partial charge in [0.2, 0.25) is 5.91 Å². The molecule has 1 amide bonds. The smallest absolute Gasteiger partial charge is 0.222 e. The minimum atomic E-state index is -0.151. The molecule has 0 aromatic heterocycles. The van der Waals surface area contributed by atoms with Crippen LogP contribution in [-0.4, -0.2) is 57.2 Å². The van der Waals surface area contributed by atoms with Crippen LogP contribution in [0, 0.1) is 0 Å². The average molecular weight is 245 g/mol. The summed E-state index contributed by atoms with van der Waals surface area (Å²) in [5.41, 5.74) is 5.51. The van der Waals surface area contributed by atoms with Crippen molar-refractivity contribution in [2.45, 2.75) is 32.3 Å². The lowest BCUT2D eigenvalue weighted by Crippen LogP contribution is -2.33. The summed E-state index contributed by atoms with van der Waals surface area (Å²) in [6, 6.07) is 0. The van der Waals surface area contributed by atoms with Crippen molar-refractivity contribution >= 4 is 5.91 Å². The fourth-order valence-electron chi connectivity index (χ4n) is 1.51. The van der Waals surface area contributed by atoms with Crippen molar-refractivity contribution in [1.29, 1.82) is 0 Å². The molecule has 0 spiro atoms. The normalized spacial score (nSPS) is 12.8. The molecule has 0 fully saturated rings. The highest BCUT2D eigenvalue weighted by atomic mass is 16.5. The Kier molecular flexibility index (Phi) is 10.1. The molecular weight excluding hydrogens is 218 g/mol. The molecule has 0 radical (unpaired) electrons. The van der Waals surface area contributed by atoms with E-state index in [4.69, 9.17) is 10.5 Å². The summed E-state index contributed by atoms with van der Waals surface area (Å²) >= 11 is 0. The zero-order valence-corrected chi connectivity index (χ0v) is 11.4. The molecule has 0 aliphatic heterocycles. The van der Waals surface area contributed by atoms with Crippen molar-refractivity contribution in [1.82, 2.24) is 10.2 Å². The van der Waals surface area contributed by atoms with Crippen LogP contribution in [0.2, 0.25) is 0 Å². The molecule has 0 aromatic rings. The number of nitrogens with one attached hydrogen (secondary N) is 1. The lowest BCUT2D eigenvalue weighted by Gasteiger charge is -2.14. The quantitative estimate of drug-likeness (QED) is 0.540. The molecule has 0 saturated carbocycles. The van der Waals surface area contributed by atoms with Crippen molar-refractivity contribution in [2.24, 2.45) is 5.73 Å². The molecule has 102 valence electrons. The summed E-state index contributed by atoms with van der Waals surface area (Å²) in [5.74, 6) is 0.0266. The van der Waals surface area contributed by atoms with Crippen LogP contribution in [-0.2, 0) is 9.53 Å². The number of unbranched alkanes of at least 4 members (excludes halogenated alkanes) is 1. The minimum Gasteiger partial charge on any atom is -0.377 e. The number of nitrogens with two attached hydrogens (primary N) is 1. The highest BCUT2D eigenvalue weighted by Gasteiger charge is 2.11. The average Bonchev–Trinajstić information content (AvgIpc) is 2.27. The van der Waals surface area contributed by atoms with Gasteiger partial charge in [-0.05, 0) is 40.4 Å². The molecule has 0 heterocycles. The Labute approximate surface area is 105 Å². The van der Waals surface area contributed by atoms with Crippen molar-refractivity contribution in [2.75, 3.05) is 40.3 Å². The largest absolute Gasteiger partial charge is 0.377 e. The topological polar surface area (TPSA) is 67.6 Å². The standard InChI is InChI=1S/C12H27N3O2/c1-4-17-11(10-13)9-12(16)14-7-5-6-8-15(2)3/h11H,4-10,13H2,1-3H3,(H,14,16). The maximum atomic E-state index is 11.5. The predicted molar refractivity (Wildman–Crippen MR) is 69.9 cm³/mol. The van der Waals surface area contributed by atoms with Gasteiger partial charge in [0.05, 0.1) is 12.5 Å². The summed E-state index contributed by atoms with van der Waals surface area (Å²) in [4.78, 5) is 13.7. The molecule has 0 saturated heterocycles. The fraction of sp³-hybridized carbons (Fsp3) is 0.917. The van der Waals surface area contributed by atoms with Crippen LogP contribution in [0.15, 0.2) is 0 Å². The fourth-order valence-corrected chi connectivity index (χ4v) is 1.51. The SMILES string of the molecule is CCOC(CN)CC(=O)NCCCCN(C)C. The van der Waals surface area contributed by atoms with Crippen LogP contribution in [0.1, 0.15) is 26.2 Å². The Hall–Kier alpha value is -0.650. The monoisotopic (exact) mass is 245 g/mol. The number of hydrogen-bond donors (Lipinski definition) is 2. The number of amides is 1. The van der Waals surface area contributed by atoms with E-state index in [0.29, 0.717) is 19.6 Å². The van der Waals surface area contributed by atoms with Crippen LogP contribution < -0.4 is 11.1 Å². The third kappa shape index (κ3) is 10.2. The molecule has 1 unspecified atom stereocenters. The third-order valence-electron chi connectivity index (χ3n) is 2.43. The number of carbonyl (C=O) groups excluding carboxylic acids is 1. The van der Waals surface area contributed by atoms with E-state index in [2.05, 4.69) is 10.2 Å². The molecule has 0 aliphatic rings. The maximum Gasteiger partial charge on any atom is 0.222 e. The summed E-state index contributed by atoms with van der Waals surface area (Å²) in [5, 5.41) is 2.89. The number of hydrogen-bond acceptors (Lipinski definition) is 4. The van der Waals surface area contributed by atoms with Crippen LogP contribution in [0.3, 0.4) is 0 Å². The first-order valence-electron chi connectivity index (χ1n) is 6.33. The Morgan fingerprint density at radius 3 is 2.65 bits per heavy atom. The predicted octanol–water partition coefficient (Wildman–Crippen LogP) is 0.198. The Bertz CT molecular complexity index is 198. The molecule has 1 atom stereocenters. The molecule has 0 aliphatic carbocycles. The highest BCUT2D eigenvalue weighted by molar-refractivity contribution is 5.76. The number of ether oxygens (including phenoxy) is 1. The van der Waals surface area contributed by atoms with Gasteiger partial charge in [-0.1, -0.05) is 0 Å². The molecule has 5 heteroatoms. The Morgan fingerprint density at radius 2 is 2.12 bits per heavy atom. The van der Waals surface area contributed by atoms with E-state index in [0.717, 1.165) is 25.9 Å². The maximum absolute atomic E-state index is 11.5. The second kappa shape index (κ2) is 10.5. The van der Waals surface area contributed by atoms with Gasteiger partial charge in [-0.2, -0.15) is 0 Å². The van der Waals surface area contributed by atoms with Crippen LogP contribution in [0.25, 0.3) is 0 Å². The molecule has 17 heavy (non-hydrogen) atoms. The van der Waals surface area contributed by atoms with E-state index in [-0.39, 0.29) is 12.0 Å². The van der Waals surface area contributed by atoms with E-state index in [1.165, 1.54) is 0 Å². The number of rotatable bonds is 10. The van der Waals surface area contributed by atoms with Crippen molar-refractivity contribution < 1.29 is 9.53 Å². The second-order valence-corrected chi connectivity index (χ2v) is 4.38. The van der Waals surface area contributed by atoms with Gasteiger partial charge in [0.25, 0.3) is 0 Å². The molecule has 0 rings (SSSR count). The Morgan fingerprint density at radius 1 is 1.41 bits per heavy atom. The van der Waals surface area contributed by atoms with Gasteiger partial charge in [-0.15, -0.1) is 0 Å².